The summed E-state index contributed by atoms with van der Waals surface area (Å²) in [6.07, 6.45) is 1.38. The van der Waals surface area contributed by atoms with Crippen LogP contribution in [0.15, 0.2) is 72.8 Å². The van der Waals surface area contributed by atoms with Gasteiger partial charge in [0.05, 0.1) is 0 Å². The number of hydrogen-bond donors (Lipinski definition) is 0. The van der Waals surface area contributed by atoms with E-state index in [-0.39, 0.29) is 11.8 Å². The molecule has 7 nitrogen and oxygen atoms in total. The van der Waals surface area contributed by atoms with E-state index < -0.39 is 0 Å². The molecule has 4 aromatic rings. The summed E-state index contributed by atoms with van der Waals surface area (Å²) in [5, 5.41) is 12.9. The van der Waals surface area contributed by atoms with Crippen molar-refractivity contribution in [3.05, 3.63) is 89.7 Å². The number of carbonyl (C=O) groups excluding carboxylic acids is 1. The molecule has 1 amide bonds. The van der Waals surface area contributed by atoms with Crippen LogP contribution >= 0.6 is 0 Å². The van der Waals surface area contributed by atoms with Crippen LogP contribution in [0.2, 0.25) is 0 Å². The van der Waals surface area contributed by atoms with E-state index in [1.54, 1.807) is 4.52 Å². The number of hydrogen-bond acceptors (Lipinski definition) is 5. The summed E-state index contributed by atoms with van der Waals surface area (Å²) in [6.45, 7) is 4.97. The minimum absolute atomic E-state index is 0.0556. The highest BCUT2D eigenvalue weighted by molar-refractivity contribution is 5.78. The van der Waals surface area contributed by atoms with Gasteiger partial charge in [-0.2, -0.15) is 4.52 Å². The van der Waals surface area contributed by atoms with Crippen LogP contribution in [0.3, 0.4) is 0 Å². The van der Waals surface area contributed by atoms with Crippen molar-refractivity contribution >= 4 is 17.4 Å². The molecule has 1 aliphatic rings. The Morgan fingerprint density at radius 2 is 1.55 bits per heavy atom. The van der Waals surface area contributed by atoms with E-state index in [0.717, 1.165) is 43.3 Å². The van der Waals surface area contributed by atoms with Gasteiger partial charge in [-0.05, 0) is 36.6 Å². The van der Waals surface area contributed by atoms with Crippen molar-refractivity contribution in [1.29, 1.82) is 0 Å². The average molecular weight is 441 g/mol. The molecule has 0 saturated carbocycles. The third kappa shape index (κ3) is 4.58. The molecular formula is C26H28N6O. The first-order chi connectivity index (χ1) is 16.2. The quantitative estimate of drug-likeness (QED) is 0.474. The number of aromatic nitrogens is 4. The van der Waals surface area contributed by atoms with Gasteiger partial charge in [0.1, 0.15) is 5.82 Å². The summed E-state index contributed by atoms with van der Waals surface area (Å²) in [5.41, 5.74) is 3.10. The third-order valence-electron chi connectivity index (χ3n) is 6.36. The predicted octanol–water partition coefficient (Wildman–Crippen LogP) is 3.69. The number of aryl methyl sites for hydroxylation is 1. The normalized spacial score (nSPS) is 14.6. The number of anilines is 1. The van der Waals surface area contributed by atoms with Gasteiger partial charge in [0.25, 0.3) is 0 Å². The zero-order chi connectivity index (χ0) is 22.6. The van der Waals surface area contributed by atoms with Crippen molar-refractivity contribution in [1.82, 2.24) is 24.7 Å². The summed E-state index contributed by atoms with van der Waals surface area (Å²) in [5.74, 6) is 1.92. The Kier molecular flexibility index (Phi) is 6.02. The molecule has 0 N–H and O–H groups in total. The Bertz CT molecular complexity index is 1180. The van der Waals surface area contributed by atoms with Gasteiger partial charge >= 0.3 is 0 Å². The number of carbonyl (C=O) groups is 1. The van der Waals surface area contributed by atoms with Gasteiger partial charge in [-0.25, -0.2) is 0 Å². The molecule has 1 aliphatic heterocycles. The lowest BCUT2D eigenvalue weighted by molar-refractivity contribution is -0.131. The van der Waals surface area contributed by atoms with Crippen LogP contribution in [-0.2, 0) is 4.79 Å². The van der Waals surface area contributed by atoms with Crippen LogP contribution in [-0.4, -0.2) is 56.8 Å². The van der Waals surface area contributed by atoms with Gasteiger partial charge in [-0.15, -0.1) is 15.3 Å². The van der Waals surface area contributed by atoms with E-state index in [0.29, 0.717) is 13.0 Å². The first kappa shape index (κ1) is 21.1. The molecular weight excluding hydrogens is 412 g/mol. The molecule has 2 aromatic carbocycles. The molecule has 3 heterocycles. The molecule has 33 heavy (non-hydrogen) atoms. The van der Waals surface area contributed by atoms with Crippen LogP contribution in [0.1, 0.15) is 35.7 Å². The molecule has 0 atom stereocenters. The predicted molar refractivity (Wildman–Crippen MR) is 128 cm³/mol. The van der Waals surface area contributed by atoms with E-state index in [4.69, 9.17) is 5.10 Å². The number of fused-ring (bicyclic) bond motifs is 1. The lowest BCUT2D eigenvalue weighted by atomic mass is 9.88. The zero-order valence-corrected chi connectivity index (χ0v) is 18.8. The van der Waals surface area contributed by atoms with Crippen LogP contribution in [0.4, 0.5) is 5.82 Å². The van der Waals surface area contributed by atoms with Crippen molar-refractivity contribution in [3.63, 3.8) is 0 Å². The maximum absolute atomic E-state index is 13.4. The maximum atomic E-state index is 13.4. The highest BCUT2D eigenvalue weighted by Gasteiger charge is 2.24. The maximum Gasteiger partial charge on any atom is 0.223 e. The van der Waals surface area contributed by atoms with Crippen LogP contribution in [0.25, 0.3) is 5.65 Å². The van der Waals surface area contributed by atoms with Crippen LogP contribution in [0.5, 0.6) is 0 Å². The summed E-state index contributed by atoms with van der Waals surface area (Å²) >= 11 is 0. The van der Waals surface area contributed by atoms with Gasteiger partial charge in [0.15, 0.2) is 11.5 Å². The van der Waals surface area contributed by atoms with Gasteiger partial charge in [-0.3, -0.25) is 4.79 Å². The number of amides is 1. The number of benzene rings is 2. The van der Waals surface area contributed by atoms with E-state index in [9.17, 15) is 4.79 Å². The minimum atomic E-state index is 0.0556. The molecule has 168 valence electrons. The lowest BCUT2D eigenvalue weighted by Gasteiger charge is -2.25. The molecule has 7 heteroatoms. The SMILES string of the molecule is Cc1nnc2ccc(N3CCCN(C(=O)CC(c4ccccc4)c4ccccc4)CC3)nn12. The largest absolute Gasteiger partial charge is 0.353 e. The molecule has 2 aromatic heterocycles. The number of nitrogens with zero attached hydrogens (tertiary/aromatic N) is 6. The molecule has 0 spiro atoms. The highest BCUT2D eigenvalue weighted by atomic mass is 16.2. The van der Waals surface area contributed by atoms with E-state index >= 15 is 0 Å². The van der Waals surface area contributed by atoms with Gasteiger partial charge in [0, 0.05) is 38.5 Å². The average Bonchev–Trinajstić information content (AvgIpc) is 3.07. The fourth-order valence-electron chi connectivity index (χ4n) is 4.55. The molecule has 5 rings (SSSR count). The van der Waals surface area contributed by atoms with E-state index in [1.807, 2.05) is 60.4 Å². The van der Waals surface area contributed by atoms with Crippen molar-refractivity contribution in [2.24, 2.45) is 0 Å². The lowest BCUT2D eigenvalue weighted by Crippen LogP contribution is -2.36. The minimum Gasteiger partial charge on any atom is -0.353 e. The number of rotatable bonds is 5. The molecule has 0 aliphatic carbocycles. The van der Waals surface area contributed by atoms with Crippen LogP contribution in [0, 0.1) is 6.92 Å². The van der Waals surface area contributed by atoms with Gasteiger partial charge in [-0.1, -0.05) is 60.7 Å². The van der Waals surface area contributed by atoms with E-state index in [2.05, 4.69) is 39.4 Å². The smallest absolute Gasteiger partial charge is 0.223 e. The second-order valence-electron chi connectivity index (χ2n) is 8.51. The van der Waals surface area contributed by atoms with Gasteiger partial charge < -0.3 is 9.80 Å². The third-order valence-corrected chi connectivity index (χ3v) is 6.36. The Hall–Kier alpha value is -3.74. The van der Waals surface area contributed by atoms with Gasteiger partial charge in [0.2, 0.25) is 5.91 Å². The monoisotopic (exact) mass is 440 g/mol. The molecule has 1 fully saturated rings. The molecule has 0 unspecified atom stereocenters. The topological polar surface area (TPSA) is 66.6 Å². The zero-order valence-electron chi connectivity index (χ0n) is 18.8. The first-order valence-corrected chi connectivity index (χ1v) is 11.5. The second-order valence-corrected chi connectivity index (χ2v) is 8.51. The fourth-order valence-corrected chi connectivity index (χ4v) is 4.55. The Morgan fingerprint density at radius 1 is 0.848 bits per heavy atom. The Balaban J connectivity index is 1.30. The van der Waals surface area contributed by atoms with Crippen molar-refractivity contribution in [3.8, 4) is 0 Å². The molecule has 1 saturated heterocycles. The summed E-state index contributed by atoms with van der Waals surface area (Å²) in [7, 11) is 0. The van der Waals surface area contributed by atoms with Crippen molar-refractivity contribution in [2.75, 3.05) is 31.1 Å². The molecule has 0 radical (unpaired) electrons. The summed E-state index contributed by atoms with van der Waals surface area (Å²) < 4.78 is 1.77. The Morgan fingerprint density at radius 3 is 2.24 bits per heavy atom. The van der Waals surface area contributed by atoms with E-state index in [1.165, 1.54) is 11.1 Å². The summed E-state index contributed by atoms with van der Waals surface area (Å²) in [6, 6.07) is 24.6. The standard InChI is InChI=1S/C26H28N6O/c1-20-27-28-24-13-14-25(29-32(20)24)30-15-8-16-31(18-17-30)26(33)19-23(21-9-4-2-5-10-21)22-11-6-3-7-12-22/h2-7,9-14,23H,8,15-19H2,1H3. The second kappa shape index (κ2) is 9.40. The van der Waals surface area contributed by atoms with Crippen molar-refractivity contribution in [2.45, 2.75) is 25.7 Å². The Labute approximate surface area is 193 Å². The molecule has 0 bridgehead atoms. The fraction of sp³-hybridized carbons (Fsp3) is 0.308. The van der Waals surface area contributed by atoms with Crippen molar-refractivity contribution < 1.29 is 4.79 Å². The first-order valence-electron chi connectivity index (χ1n) is 11.5. The van der Waals surface area contributed by atoms with Crippen LogP contribution < -0.4 is 4.90 Å². The summed E-state index contributed by atoms with van der Waals surface area (Å²) in [4.78, 5) is 17.7. The highest BCUT2D eigenvalue weighted by Crippen LogP contribution is 2.29.